The number of aliphatic hydroxyl groups is 3. The summed E-state index contributed by atoms with van der Waals surface area (Å²) in [7, 11) is 0. The van der Waals surface area contributed by atoms with E-state index in [0.717, 1.165) is 32.8 Å². The summed E-state index contributed by atoms with van der Waals surface area (Å²) >= 11 is 0. The minimum atomic E-state index is -0.905. The Labute approximate surface area is 139 Å². The number of aliphatic hydroxyl groups excluding tert-OH is 3. The molecule has 0 amide bonds. The highest BCUT2D eigenvalue weighted by atomic mass is 16.3. The quantitative estimate of drug-likeness (QED) is 0.557. The van der Waals surface area contributed by atoms with Gasteiger partial charge in [-0.1, -0.05) is 36.4 Å². The van der Waals surface area contributed by atoms with E-state index in [9.17, 15) is 15.3 Å². The predicted molar refractivity (Wildman–Crippen MR) is 94.9 cm³/mol. The van der Waals surface area contributed by atoms with Crippen molar-refractivity contribution in [1.82, 2.24) is 0 Å². The zero-order valence-corrected chi connectivity index (χ0v) is 13.3. The molecule has 2 aliphatic rings. The fraction of sp³-hybridized carbons (Fsp3) is 0.238. The van der Waals surface area contributed by atoms with Gasteiger partial charge in [0.05, 0.1) is 6.10 Å². The first-order valence-electron chi connectivity index (χ1n) is 8.30. The van der Waals surface area contributed by atoms with Crippen LogP contribution in [0.15, 0.2) is 36.4 Å². The molecule has 0 aliphatic heterocycles. The highest BCUT2D eigenvalue weighted by Crippen LogP contribution is 2.45. The van der Waals surface area contributed by atoms with E-state index in [0.29, 0.717) is 6.42 Å². The van der Waals surface area contributed by atoms with Crippen molar-refractivity contribution in [3.63, 3.8) is 0 Å². The fourth-order valence-electron chi connectivity index (χ4n) is 4.37. The molecule has 3 aromatic carbocycles. The largest absolute Gasteiger partial charge is 0.388 e. The maximum Gasteiger partial charge on any atom is 0.109 e. The van der Waals surface area contributed by atoms with Gasteiger partial charge < -0.3 is 15.3 Å². The number of fused-ring (bicyclic) bond motifs is 4. The van der Waals surface area contributed by atoms with Crippen LogP contribution in [0.2, 0.25) is 0 Å². The minimum Gasteiger partial charge on any atom is -0.388 e. The molecule has 0 fully saturated rings. The van der Waals surface area contributed by atoms with Gasteiger partial charge in [0.2, 0.25) is 0 Å². The Morgan fingerprint density at radius 2 is 1.83 bits per heavy atom. The van der Waals surface area contributed by atoms with E-state index in [-0.39, 0.29) is 0 Å². The topological polar surface area (TPSA) is 60.7 Å². The summed E-state index contributed by atoms with van der Waals surface area (Å²) in [6, 6.07) is 10.2. The maximum absolute atomic E-state index is 10.7. The van der Waals surface area contributed by atoms with Crippen LogP contribution in [0, 0.1) is 6.92 Å². The highest BCUT2D eigenvalue weighted by molar-refractivity contribution is 6.08. The predicted octanol–water partition coefficient (Wildman–Crippen LogP) is 3.31. The van der Waals surface area contributed by atoms with Crippen molar-refractivity contribution in [2.45, 2.75) is 31.7 Å². The van der Waals surface area contributed by atoms with Crippen LogP contribution in [0.5, 0.6) is 0 Å². The molecule has 0 saturated heterocycles. The molecule has 2 aliphatic carbocycles. The third-order valence-electron chi connectivity index (χ3n) is 5.59. The molecule has 3 nitrogen and oxygen atoms in total. The summed E-state index contributed by atoms with van der Waals surface area (Å²) in [5.74, 6) is 0. The Morgan fingerprint density at radius 1 is 1.00 bits per heavy atom. The smallest absolute Gasteiger partial charge is 0.109 e. The summed E-state index contributed by atoms with van der Waals surface area (Å²) in [5, 5.41) is 35.2. The Kier molecular flexibility index (Phi) is 2.76. The monoisotopic (exact) mass is 318 g/mol. The second-order valence-electron chi connectivity index (χ2n) is 6.93. The van der Waals surface area contributed by atoms with E-state index < -0.39 is 18.3 Å². The van der Waals surface area contributed by atoms with Gasteiger partial charge in [0.25, 0.3) is 0 Å². The van der Waals surface area contributed by atoms with Crippen molar-refractivity contribution >= 4 is 27.6 Å². The number of rotatable bonds is 0. The summed E-state index contributed by atoms with van der Waals surface area (Å²) in [5.41, 5.74) is 5.13. The first-order chi connectivity index (χ1) is 11.6. The molecule has 0 radical (unpaired) electrons. The highest BCUT2D eigenvalue weighted by Gasteiger charge is 2.29. The van der Waals surface area contributed by atoms with Crippen molar-refractivity contribution in [2.24, 2.45) is 0 Å². The van der Waals surface area contributed by atoms with Crippen LogP contribution in [-0.2, 0) is 6.42 Å². The minimum absolute atomic E-state index is 0.492. The molecule has 0 saturated carbocycles. The van der Waals surface area contributed by atoms with Crippen molar-refractivity contribution in [2.75, 3.05) is 0 Å². The molecular formula is C21H18O3. The molecule has 0 spiro atoms. The first-order valence-corrected chi connectivity index (χ1v) is 8.30. The Bertz CT molecular complexity index is 1050. The zero-order chi connectivity index (χ0) is 16.6. The lowest BCUT2D eigenvalue weighted by Crippen LogP contribution is -2.19. The lowest BCUT2D eigenvalue weighted by atomic mass is 9.86. The molecule has 120 valence electrons. The molecule has 0 heterocycles. The molecule has 24 heavy (non-hydrogen) atoms. The second-order valence-corrected chi connectivity index (χ2v) is 6.93. The Morgan fingerprint density at radius 3 is 2.67 bits per heavy atom. The number of aryl methyl sites for hydroxylation is 1. The summed E-state index contributed by atoms with van der Waals surface area (Å²) in [4.78, 5) is 0. The van der Waals surface area contributed by atoms with Crippen LogP contribution in [0.25, 0.3) is 27.6 Å². The van der Waals surface area contributed by atoms with Crippen molar-refractivity contribution in [3.8, 4) is 0 Å². The molecular weight excluding hydrogens is 300 g/mol. The van der Waals surface area contributed by atoms with Crippen molar-refractivity contribution in [1.29, 1.82) is 0 Å². The van der Waals surface area contributed by atoms with Gasteiger partial charge in [-0.3, -0.25) is 0 Å². The fourth-order valence-corrected chi connectivity index (χ4v) is 4.37. The van der Waals surface area contributed by atoms with Gasteiger partial charge >= 0.3 is 0 Å². The Hall–Kier alpha value is -2.20. The number of benzene rings is 3. The van der Waals surface area contributed by atoms with E-state index >= 15 is 0 Å². The van der Waals surface area contributed by atoms with E-state index in [1.807, 2.05) is 18.2 Å². The molecule has 0 bridgehead atoms. The number of hydrogen-bond acceptors (Lipinski definition) is 3. The van der Waals surface area contributed by atoms with Gasteiger partial charge in [0, 0.05) is 6.42 Å². The molecule has 3 heteroatoms. The van der Waals surface area contributed by atoms with Gasteiger partial charge in [0.15, 0.2) is 0 Å². The lowest BCUT2D eigenvalue weighted by molar-refractivity contribution is 0.0471. The summed E-state index contributed by atoms with van der Waals surface area (Å²) < 4.78 is 0. The Balaban J connectivity index is 1.95. The second kappa shape index (κ2) is 4.67. The standard InChI is InChI=1S/C21H18O3/c1-10-2-3-11-8-16-12-6-7-17(22)21(24)14(12)5-4-13(16)20-18(23)9-15(10)19(11)20/h2-8,17-18,21-24H,9H2,1H3/t17-,18-,21-/m1/s1. The van der Waals surface area contributed by atoms with Gasteiger partial charge in [-0.05, 0) is 62.4 Å². The SMILES string of the molecule is Cc1ccc2cc3c4c(ccc3c3c2c1C[C@H]3O)[C@@H](O)[C@H](O)C=C4. The third kappa shape index (κ3) is 1.67. The van der Waals surface area contributed by atoms with Crippen molar-refractivity contribution < 1.29 is 15.3 Å². The van der Waals surface area contributed by atoms with E-state index in [2.05, 4.69) is 25.1 Å². The molecule has 5 rings (SSSR count). The molecule has 3 aromatic rings. The first kappa shape index (κ1) is 14.2. The molecule has 3 atom stereocenters. The summed E-state index contributed by atoms with van der Waals surface area (Å²) in [6.07, 6.45) is 1.90. The number of hydrogen-bond donors (Lipinski definition) is 3. The summed E-state index contributed by atoms with van der Waals surface area (Å²) in [6.45, 7) is 2.09. The van der Waals surface area contributed by atoms with Gasteiger partial charge in [0.1, 0.15) is 12.2 Å². The normalized spacial score (nSPS) is 24.8. The molecule has 0 aromatic heterocycles. The van der Waals surface area contributed by atoms with Gasteiger partial charge in [-0.25, -0.2) is 0 Å². The zero-order valence-electron chi connectivity index (χ0n) is 13.3. The van der Waals surface area contributed by atoms with Crippen LogP contribution < -0.4 is 0 Å². The van der Waals surface area contributed by atoms with Gasteiger partial charge in [-0.2, -0.15) is 0 Å². The van der Waals surface area contributed by atoms with Crippen LogP contribution >= 0.6 is 0 Å². The molecule has 3 N–H and O–H groups in total. The van der Waals surface area contributed by atoms with Crippen LogP contribution in [-0.4, -0.2) is 21.4 Å². The van der Waals surface area contributed by atoms with E-state index in [1.165, 1.54) is 16.5 Å². The van der Waals surface area contributed by atoms with Gasteiger partial charge in [-0.15, -0.1) is 0 Å². The van der Waals surface area contributed by atoms with E-state index in [4.69, 9.17) is 0 Å². The maximum atomic E-state index is 10.7. The van der Waals surface area contributed by atoms with E-state index in [1.54, 1.807) is 6.08 Å². The lowest BCUT2D eigenvalue weighted by Gasteiger charge is -2.24. The van der Waals surface area contributed by atoms with Crippen LogP contribution in [0.4, 0.5) is 0 Å². The average molecular weight is 318 g/mol. The molecule has 0 unspecified atom stereocenters. The third-order valence-corrected chi connectivity index (χ3v) is 5.59. The van der Waals surface area contributed by atoms with Crippen molar-refractivity contribution in [3.05, 3.63) is 64.2 Å². The van der Waals surface area contributed by atoms with Crippen LogP contribution in [0.1, 0.15) is 40.0 Å². The average Bonchev–Trinajstić information content (AvgIpc) is 2.93. The van der Waals surface area contributed by atoms with Crippen LogP contribution in [0.3, 0.4) is 0 Å².